The van der Waals surface area contributed by atoms with Crippen LogP contribution < -0.4 is 0 Å². The maximum Gasteiger partial charge on any atom is 0.255 e. The van der Waals surface area contributed by atoms with Crippen molar-refractivity contribution in [3.8, 4) is 6.07 Å². The van der Waals surface area contributed by atoms with Crippen molar-refractivity contribution < 1.29 is 4.79 Å². The lowest BCUT2D eigenvalue weighted by atomic mass is 9.85. The molecule has 1 saturated carbocycles. The van der Waals surface area contributed by atoms with E-state index >= 15 is 0 Å². The maximum atomic E-state index is 12.6. The van der Waals surface area contributed by atoms with E-state index < -0.39 is 0 Å². The summed E-state index contributed by atoms with van der Waals surface area (Å²) >= 11 is 0. The summed E-state index contributed by atoms with van der Waals surface area (Å²) in [5, 5.41) is 9.34. The van der Waals surface area contributed by atoms with Crippen LogP contribution in [0.1, 0.15) is 42.5 Å². The standard InChI is InChI=1S/C16H18N2O/c17-11-14-10-13-8-4-5-9-15(13)18(14)16(19)12-6-2-1-3-7-12/h1-3,6-7,13-15H,4-5,8-10H2. The molecule has 3 atom stereocenters. The van der Waals surface area contributed by atoms with Crippen LogP contribution in [0, 0.1) is 17.2 Å². The highest BCUT2D eigenvalue weighted by atomic mass is 16.2. The number of rotatable bonds is 1. The van der Waals surface area contributed by atoms with Crippen molar-refractivity contribution in [2.75, 3.05) is 0 Å². The highest BCUT2D eigenvalue weighted by Gasteiger charge is 2.44. The first-order valence-electron chi connectivity index (χ1n) is 7.08. The van der Waals surface area contributed by atoms with Gasteiger partial charge >= 0.3 is 0 Å². The lowest BCUT2D eigenvalue weighted by Crippen LogP contribution is -2.42. The fourth-order valence-electron chi connectivity index (χ4n) is 3.60. The molecule has 19 heavy (non-hydrogen) atoms. The predicted octanol–water partition coefficient (Wildman–Crippen LogP) is 2.98. The first-order chi connectivity index (χ1) is 9.31. The summed E-state index contributed by atoms with van der Waals surface area (Å²) in [7, 11) is 0. The van der Waals surface area contributed by atoms with Crippen LogP contribution in [0.5, 0.6) is 0 Å². The van der Waals surface area contributed by atoms with E-state index in [1.807, 2.05) is 35.2 Å². The molecule has 2 aliphatic rings. The Kier molecular flexibility index (Phi) is 3.25. The van der Waals surface area contributed by atoms with Crippen LogP contribution in [0.3, 0.4) is 0 Å². The minimum absolute atomic E-state index is 0.0292. The molecule has 1 aromatic carbocycles. The van der Waals surface area contributed by atoms with Crippen LogP contribution in [0.2, 0.25) is 0 Å². The van der Waals surface area contributed by atoms with Gasteiger partial charge in [-0.05, 0) is 37.3 Å². The molecule has 1 saturated heterocycles. The Balaban J connectivity index is 1.89. The Morgan fingerprint density at radius 2 is 1.95 bits per heavy atom. The smallest absolute Gasteiger partial charge is 0.255 e. The van der Waals surface area contributed by atoms with Crippen molar-refractivity contribution in [3.05, 3.63) is 35.9 Å². The highest BCUT2D eigenvalue weighted by molar-refractivity contribution is 5.95. The van der Waals surface area contributed by atoms with E-state index in [1.54, 1.807) is 0 Å². The van der Waals surface area contributed by atoms with Gasteiger partial charge in [0.2, 0.25) is 0 Å². The van der Waals surface area contributed by atoms with E-state index in [1.165, 1.54) is 19.3 Å². The number of hydrogen-bond acceptors (Lipinski definition) is 2. The van der Waals surface area contributed by atoms with Gasteiger partial charge in [-0.1, -0.05) is 31.0 Å². The Morgan fingerprint density at radius 3 is 2.68 bits per heavy atom. The van der Waals surface area contributed by atoms with Crippen molar-refractivity contribution in [2.45, 2.75) is 44.2 Å². The molecular weight excluding hydrogens is 236 g/mol. The van der Waals surface area contributed by atoms with Crippen LogP contribution in [-0.4, -0.2) is 22.9 Å². The fourth-order valence-corrected chi connectivity index (χ4v) is 3.60. The molecule has 98 valence electrons. The Morgan fingerprint density at radius 1 is 1.21 bits per heavy atom. The van der Waals surface area contributed by atoms with Gasteiger partial charge in [0.25, 0.3) is 5.91 Å². The van der Waals surface area contributed by atoms with Gasteiger partial charge in [-0.25, -0.2) is 0 Å². The highest BCUT2D eigenvalue weighted by Crippen LogP contribution is 2.40. The number of benzene rings is 1. The average molecular weight is 254 g/mol. The molecule has 3 rings (SSSR count). The number of carbonyl (C=O) groups excluding carboxylic acids is 1. The van der Waals surface area contributed by atoms with E-state index in [-0.39, 0.29) is 18.0 Å². The molecule has 0 spiro atoms. The van der Waals surface area contributed by atoms with Gasteiger partial charge < -0.3 is 4.90 Å². The maximum absolute atomic E-state index is 12.6. The summed E-state index contributed by atoms with van der Waals surface area (Å²) in [5.41, 5.74) is 0.703. The van der Waals surface area contributed by atoms with Crippen molar-refractivity contribution in [1.82, 2.24) is 4.90 Å². The molecule has 3 heteroatoms. The van der Waals surface area contributed by atoms with E-state index in [2.05, 4.69) is 6.07 Å². The normalized spacial score (nSPS) is 29.6. The molecule has 3 unspecified atom stereocenters. The van der Waals surface area contributed by atoms with Gasteiger partial charge in [0.05, 0.1) is 6.07 Å². The number of nitriles is 1. The monoisotopic (exact) mass is 254 g/mol. The second-order valence-electron chi connectivity index (χ2n) is 5.57. The second kappa shape index (κ2) is 5.05. The van der Waals surface area contributed by atoms with E-state index in [9.17, 15) is 10.1 Å². The lowest BCUT2D eigenvalue weighted by Gasteiger charge is -2.32. The molecule has 0 radical (unpaired) electrons. The summed E-state index contributed by atoms with van der Waals surface area (Å²) in [6.45, 7) is 0. The topological polar surface area (TPSA) is 44.1 Å². The molecule has 3 nitrogen and oxygen atoms in total. The van der Waals surface area contributed by atoms with Crippen molar-refractivity contribution in [2.24, 2.45) is 5.92 Å². The quantitative estimate of drug-likeness (QED) is 0.773. The van der Waals surface area contributed by atoms with E-state index in [0.717, 1.165) is 12.8 Å². The lowest BCUT2D eigenvalue weighted by molar-refractivity contribution is 0.0655. The number of hydrogen-bond donors (Lipinski definition) is 0. The number of likely N-dealkylation sites (tertiary alicyclic amines) is 1. The summed E-state index contributed by atoms with van der Waals surface area (Å²) in [5.74, 6) is 0.563. The fraction of sp³-hybridized carbons (Fsp3) is 0.500. The van der Waals surface area contributed by atoms with Crippen molar-refractivity contribution in [3.63, 3.8) is 0 Å². The number of amides is 1. The van der Waals surface area contributed by atoms with Crippen molar-refractivity contribution >= 4 is 5.91 Å². The Hall–Kier alpha value is -1.82. The molecule has 1 amide bonds. The Bertz CT molecular complexity index is 505. The second-order valence-corrected chi connectivity index (χ2v) is 5.57. The first-order valence-corrected chi connectivity index (χ1v) is 7.08. The zero-order valence-electron chi connectivity index (χ0n) is 11.0. The average Bonchev–Trinajstić information content (AvgIpc) is 2.86. The van der Waals surface area contributed by atoms with Gasteiger partial charge in [0.15, 0.2) is 0 Å². The summed E-state index contributed by atoms with van der Waals surface area (Å²) in [6.07, 6.45) is 5.51. The molecule has 0 bridgehead atoms. The first kappa shape index (κ1) is 12.2. The van der Waals surface area contributed by atoms with Crippen LogP contribution in [-0.2, 0) is 0 Å². The zero-order valence-corrected chi connectivity index (χ0v) is 11.0. The van der Waals surface area contributed by atoms with Crippen LogP contribution >= 0.6 is 0 Å². The van der Waals surface area contributed by atoms with Crippen LogP contribution in [0.25, 0.3) is 0 Å². The number of fused-ring (bicyclic) bond motifs is 1. The van der Waals surface area contributed by atoms with Gasteiger partial charge in [0, 0.05) is 11.6 Å². The van der Waals surface area contributed by atoms with Crippen LogP contribution in [0.4, 0.5) is 0 Å². The van der Waals surface area contributed by atoms with Gasteiger partial charge in [0.1, 0.15) is 6.04 Å². The number of nitrogens with zero attached hydrogens (tertiary/aromatic N) is 2. The molecule has 1 heterocycles. The van der Waals surface area contributed by atoms with Gasteiger partial charge in [-0.3, -0.25) is 4.79 Å². The molecule has 1 aliphatic heterocycles. The van der Waals surface area contributed by atoms with Gasteiger partial charge in [-0.15, -0.1) is 0 Å². The summed E-state index contributed by atoms with van der Waals surface area (Å²) in [4.78, 5) is 14.5. The molecule has 0 aromatic heterocycles. The minimum Gasteiger partial charge on any atom is -0.319 e. The third-order valence-corrected chi connectivity index (χ3v) is 4.49. The molecular formula is C16H18N2O. The third kappa shape index (κ3) is 2.12. The molecule has 1 aromatic rings. The third-order valence-electron chi connectivity index (χ3n) is 4.49. The minimum atomic E-state index is -0.235. The van der Waals surface area contributed by atoms with Gasteiger partial charge in [-0.2, -0.15) is 5.26 Å². The SMILES string of the molecule is N#CC1CC2CCCCC2N1C(=O)c1ccccc1. The van der Waals surface area contributed by atoms with E-state index in [0.29, 0.717) is 11.5 Å². The summed E-state index contributed by atoms with van der Waals surface area (Å²) < 4.78 is 0. The predicted molar refractivity (Wildman–Crippen MR) is 72.4 cm³/mol. The van der Waals surface area contributed by atoms with Crippen LogP contribution in [0.15, 0.2) is 30.3 Å². The summed E-state index contributed by atoms with van der Waals surface area (Å²) in [6, 6.07) is 11.7. The molecule has 0 N–H and O–H groups in total. The molecule has 2 fully saturated rings. The molecule has 1 aliphatic carbocycles. The Labute approximate surface area is 113 Å². The van der Waals surface area contributed by atoms with E-state index in [4.69, 9.17) is 0 Å². The number of carbonyl (C=O) groups is 1. The largest absolute Gasteiger partial charge is 0.319 e. The zero-order chi connectivity index (χ0) is 13.2. The van der Waals surface area contributed by atoms with Crippen molar-refractivity contribution in [1.29, 1.82) is 5.26 Å².